The molecule has 1 heterocycles. The Bertz CT molecular complexity index is 918. The maximum Gasteiger partial charge on any atom is 0.336 e. The molecule has 0 saturated carbocycles. The number of methoxy groups -OCH3 is 1. The van der Waals surface area contributed by atoms with Crippen molar-refractivity contribution in [2.75, 3.05) is 12.4 Å². The second-order valence-corrected chi connectivity index (χ2v) is 6.12. The predicted molar refractivity (Wildman–Crippen MR) is 95.2 cm³/mol. The largest absolute Gasteiger partial charge is 0.497 e. The Kier molecular flexibility index (Phi) is 4.39. The van der Waals surface area contributed by atoms with Gasteiger partial charge in [0.05, 0.1) is 7.11 Å². The van der Waals surface area contributed by atoms with Gasteiger partial charge in [0.2, 0.25) is 0 Å². The molecule has 3 aromatic rings. The third kappa shape index (κ3) is 3.40. The summed E-state index contributed by atoms with van der Waals surface area (Å²) in [4.78, 5) is 11.8. The van der Waals surface area contributed by atoms with Gasteiger partial charge in [-0.05, 0) is 48.4 Å². The van der Waals surface area contributed by atoms with Crippen molar-refractivity contribution in [3.8, 4) is 5.75 Å². The maximum absolute atomic E-state index is 11.8. The summed E-state index contributed by atoms with van der Waals surface area (Å²) in [5.41, 5.74) is 3.20. The Morgan fingerprint density at radius 3 is 2.74 bits per heavy atom. The highest BCUT2D eigenvalue weighted by atomic mass is 79.9. The minimum atomic E-state index is -0.366. The molecule has 1 N–H and O–H groups in total. The third-order valence-corrected chi connectivity index (χ3v) is 4.57. The highest BCUT2D eigenvalue weighted by Crippen LogP contribution is 2.24. The van der Waals surface area contributed by atoms with Crippen LogP contribution in [0.4, 0.5) is 5.69 Å². The van der Waals surface area contributed by atoms with Crippen molar-refractivity contribution in [3.05, 3.63) is 68.5 Å². The molecular weight excluding hydrogens is 358 g/mol. The molecule has 0 unspecified atom stereocenters. The number of aryl methyl sites for hydroxylation is 1. The smallest absolute Gasteiger partial charge is 0.336 e. The number of benzene rings is 2. The molecule has 2 aromatic carbocycles. The number of ether oxygens (including phenoxy) is 1. The van der Waals surface area contributed by atoms with E-state index >= 15 is 0 Å². The van der Waals surface area contributed by atoms with Gasteiger partial charge in [-0.3, -0.25) is 0 Å². The zero-order valence-electron chi connectivity index (χ0n) is 12.9. The van der Waals surface area contributed by atoms with Gasteiger partial charge < -0.3 is 14.5 Å². The molecule has 0 spiro atoms. The summed E-state index contributed by atoms with van der Waals surface area (Å²) >= 11 is 3.49. The molecule has 0 aliphatic carbocycles. The van der Waals surface area contributed by atoms with E-state index in [9.17, 15) is 4.79 Å². The van der Waals surface area contributed by atoms with Crippen LogP contribution in [0.15, 0.2) is 56.1 Å². The van der Waals surface area contributed by atoms with Gasteiger partial charge in [0, 0.05) is 34.2 Å². The Labute approximate surface area is 142 Å². The topological polar surface area (TPSA) is 51.5 Å². The quantitative estimate of drug-likeness (QED) is 0.684. The van der Waals surface area contributed by atoms with Crippen molar-refractivity contribution in [1.29, 1.82) is 0 Å². The molecule has 5 heteroatoms. The second kappa shape index (κ2) is 6.46. The first kappa shape index (κ1) is 15.6. The average molecular weight is 374 g/mol. The molecule has 118 valence electrons. The summed E-state index contributed by atoms with van der Waals surface area (Å²) in [6.45, 7) is 2.57. The van der Waals surface area contributed by atoms with E-state index in [1.165, 1.54) is 6.07 Å². The van der Waals surface area contributed by atoms with E-state index in [0.717, 1.165) is 26.7 Å². The van der Waals surface area contributed by atoms with Crippen LogP contribution in [0.25, 0.3) is 11.0 Å². The zero-order chi connectivity index (χ0) is 16.4. The number of nitrogens with one attached hydrogen (secondary N) is 1. The van der Waals surface area contributed by atoms with Gasteiger partial charge in [-0.25, -0.2) is 4.79 Å². The lowest BCUT2D eigenvalue weighted by Crippen LogP contribution is -2.06. The van der Waals surface area contributed by atoms with Gasteiger partial charge in [0.1, 0.15) is 11.3 Å². The summed E-state index contributed by atoms with van der Waals surface area (Å²) in [5, 5.41) is 4.24. The monoisotopic (exact) mass is 373 g/mol. The van der Waals surface area contributed by atoms with Gasteiger partial charge >= 0.3 is 5.63 Å². The molecule has 4 nitrogen and oxygen atoms in total. The van der Waals surface area contributed by atoms with Crippen LogP contribution in [0.1, 0.15) is 11.1 Å². The minimum absolute atomic E-state index is 0.366. The normalized spacial score (nSPS) is 10.7. The second-order valence-electron chi connectivity index (χ2n) is 5.27. The zero-order valence-corrected chi connectivity index (χ0v) is 14.4. The van der Waals surface area contributed by atoms with Crippen molar-refractivity contribution >= 4 is 32.6 Å². The molecule has 0 bridgehead atoms. The standard InChI is InChI=1S/C18H16BrNO3/c1-11-7-13(3-6-16(11)19)20-10-12-8-18(21)23-17-9-14(22-2)4-5-15(12)17/h3-9,20H,10H2,1-2H3. The molecule has 0 amide bonds. The van der Waals surface area contributed by atoms with E-state index in [2.05, 4.69) is 27.3 Å². The fourth-order valence-corrected chi connectivity index (χ4v) is 2.68. The molecule has 0 aliphatic heterocycles. The molecule has 1 aromatic heterocycles. The summed E-state index contributed by atoms with van der Waals surface area (Å²) in [6.07, 6.45) is 0. The summed E-state index contributed by atoms with van der Waals surface area (Å²) in [5.74, 6) is 0.661. The first-order valence-electron chi connectivity index (χ1n) is 7.17. The van der Waals surface area contributed by atoms with Crippen LogP contribution in [-0.4, -0.2) is 7.11 Å². The van der Waals surface area contributed by atoms with E-state index in [-0.39, 0.29) is 5.63 Å². The molecule has 0 saturated heterocycles. The van der Waals surface area contributed by atoms with Crippen molar-refractivity contribution in [2.24, 2.45) is 0 Å². The van der Waals surface area contributed by atoms with Crippen molar-refractivity contribution in [2.45, 2.75) is 13.5 Å². The summed E-state index contributed by atoms with van der Waals surface area (Å²) in [7, 11) is 1.58. The number of fused-ring (bicyclic) bond motifs is 1. The fourth-order valence-electron chi connectivity index (χ4n) is 2.44. The Morgan fingerprint density at radius 2 is 2.00 bits per heavy atom. The lowest BCUT2D eigenvalue weighted by Gasteiger charge is -2.10. The number of halogens is 1. The molecule has 0 aliphatic rings. The highest BCUT2D eigenvalue weighted by Gasteiger charge is 2.07. The fraction of sp³-hybridized carbons (Fsp3) is 0.167. The number of hydrogen-bond acceptors (Lipinski definition) is 4. The van der Waals surface area contributed by atoms with Gasteiger partial charge in [0.15, 0.2) is 0 Å². The Balaban J connectivity index is 1.93. The highest BCUT2D eigenvalue weighted by molar-refractivity contribution is 9.10. The van der Waals surface area contributed by atoms with Crippen LogP contribution in [0.2, 0.25) is 0 Å². The third-order valence-electron chi connectivity index (χ3n) is 3.68. The maximum atomic E-state index is 11.8. The van der Waals surface area contributed by atoms with E-state index in [0.29, 0.717) is 17.9 Å². The van der Waals surface area contributed by atoms with Crippen LogP contribution in [0.5, 0.6) is 5.75 Å². The molecule has 3 rings (SSSR count). The first-order valence-corrected chi connectivity index (χ1v) is 7.97. The van der Waals surface area contributed by atoms with E-state index < -0.39 is 0 Å². The Hall–Kier alpha value is -2.27. The van der Waals surface area contributed by atoms with Gasteiger partial charge in [-0.2, -0.15) is 0 Å². The van der Waals surface area contributed by atoms with Crippen LogP contribution < -0.4 is 15.7 Å². The number of anilines is 1. The summed E-state index contributed by atoms with van der Waals surface area (Å²) < 4.78 is 11.5. The lowest BCUT2D eigenvalue weighted by molar-refractivity contribution is 0.414. The van der Waals surface area contributed by atoms with Gasteiger partial charge in [-0.1, -0.05) is 15.9 Å². The van der Waals surface area contributed by atoms with E-state index in [4.69, 9.17) is 9.15 Å². The minimum Gasteiger partial charge on any atom is -0.497 e. The molecule has 0 atom stereocenters. The molecule has 0 fully saturated rings. The van der Waals surface area contributed by atoms with Crippen LogP contribution in [-0.2, 0) is 6.54 Å². The SMILES string of the molecule is COc1ccc2c(CNc3ccc(Br)c(C)c3)cc(=O)oc2c1. The van der Waals surface area contributed by atoms with Crippen LogP contribution >= 0.6 is 15.9 Å². The van der Waals surface area contributed by atoms with Crippen LogP contribution in [0.3, 0.4) is 0 Å². The van der Waals surface area contributed by atoms with Crippen LogP contribution in [0, 0.1) is 6.92 Å². The van der Waals surface area contributed by atoms with Crippen molar-refractivity contribution < 1.29 is 9.15 Å². The average Bonchev–Trinajstić information content (AvgIpc) is 2.54. The molecule has 0 radical (unpaired) electrons. The first-order chi connectivity index (χ1) is 11.1. The van der Waals surface area contributed by atoms with Crippen molar-refractivity contribution in [3.63, 3.8) is 0 Å². The molecular formula is C18H16BrNO3. The van der Waals surface area contributed by atoms with E-state index in [1.54, 1.807) is 13.2 Å². The van der Waals surface area contributed by atoms with Crippen molar-refractivity contribution in [1.82, 2.24) is 0 Å². The number of hydrogen-bond donors (Lipinski definition) is 1. The number of rotatable bonds is 4. The Morgan fingerprint density at radius 1 is 1.17 bits per heavy atom. The predicted octanol–water partition coefficient (Wildman–Crippen LogP) is 4.48. The molecule has 23 heavy (non-hydrogen) atoms. The lowest BCUT2D eigenvalue weighted by atomic mass is 10.1. The van der Waals surface area contributed by atoms with Gasteiger partial charge in [0.25, 0.3) is 0 Å². The van der Waals surface area contributed by atoms with Gasteiger partial charge in [-0.15, -0.1) is 0 Å². The van der Waals surface area contributed by atoms with E-state index in [1.807, 2.05) is 31.2 Å². The summed E-state index contributed by atoms with van der Waals surface area (Å²) in [6, 6.07) is 13.1.